The Morgan fingerprint density at radius 3 is 2.88 bits per heavy atom. The molecule has 1 fully saturated rings. The first-order valence-corrected chi connectivity index (χ1v) is 12.0. The Hall–Kier alpha value is -3.01. The van der Waals surface area contributed by atoms with E-state index < -0.39 is 0 Å². The van der Waals surface area contributed by atoms with Gasteiger partial charge in [0.25, 0.3) is 5.56 Å². The fourth-order valence-electron chi connectivity index (χ4n) is 4.44. The average molecular weight is 466 g/mol. The van der Waals surface area contributed by atoms with Crippen molar-refractivity contribution in [1.29, 1.82) is 0 Å². The molecule has 0 atom stereocenters. The van der Waals surface area contributed by atoms with Gasteiger partial charge in [0, 0.05) is 51.3 Å². The maximum Gasteiger partial charge on any atom is 0.293 e. The molecule has 180 valence electrons. The predicted molar refractivity (Wildman–Crippen MR) is 131 cm³/mol. The highest BCUT2D eigenvalue weighted by molar-refractivity contribution is 5.80. The zero-order valence-electron chi connectivity index (χ0n) is 19.6. The first-order chi connectivity index (χ1) is 16.7. The molecule has 1 N–H and O–H groups in total. The van der Waals surface area contributed by atoms with Crippen LogP contribution in [0.3, 0.4) is 0 Å². The first-order valence-electron chi connectivity index (χ1n) is 12.0. The maximum atomic E-state index is 13.4. The molecule has 3 aromatic rings. The van der Waals surface area contributed by atoms with Crippen molar-refractivity contribution in [2.45, 2.75) is 19.9 Å². The van der Waals surface area contributed by atoms with Gasteiger partial charge in [-0.25, -0.2) is 4.98 Å². The van der Waals surface area contributed by atoms with Gasteiger partial charge in [-0.15, -0.1) is 0 Å². The second kappa shape index (κ2) is 10.5. The molecule has 9 nitrogen and oxygen atoms in total. The zero-order chi connectivity index (χ0) is 23.3. The summed E-state index contributed by atoms with van der Waals surface area (Å²) in [4.78, 5) is 25.0. The Bertz CT molecular complexity index is 1210. The molecule has 34 heavy (non-hydrogen) atoms. The van der Waals surface area contributed by atoms with Crippen molar-refractivity contribution < 1.29 is 14.2 Å². The molecule has 0 spiro atoms. The van der Waals surface area contributed by atoms with Crippen LogP contribution in [0.25, 0.3) is 22.3 Å². The van der Waals surface area contributed by atoms with E-state index in [2.05, 4.69) is 26.3 Å². The zero-order valence-corrected chi connectivity index (χ0v) is 19.6. The van der Waals surface area contributed by atoms with Crippen LogP contribution in [0.4, 0.5) is 5.82 Å². The van der Waals surface area contributed by atoms with E-state index in [0.717, 1.165) is 61.8 Å². The number of hydrogen-bond donors (Lipinski definition) is 1. The number of nitrogens with one attached hydrogen (secondary N) is 1. The summed E-state index contributed by atoms with van der Waals surface area (Å²) in [6.45, 7) is 8.97. The highest BCUT2D eigenvalue weighted by atomic mass is 16.5. The lowest BCUT2D eigenvalue weighted by atomic mass is 10.1. The third-order valence-corrected chi connectivity index (χ3v) is 6.31. The van der Waals surface area contributed by atoms with Crippen molar-refractivity contribution in [3.05, 3.63) is 46.4 Å². The molecule has 5 rings (SSSR count). The second-order valence-corrected chi connectivity index (χ2v) is 8.47. The van der Waals surface area contributed by atoms with Crippen LogP contribution in [0.2, 0.25) is 0 Å². The van der Waals surface area contributed by atoms with Crippen LogP contribution in [-0.2, 0) is 22.4 Å². The van der Waals surface area contributed by atoms with Crippen LogP contribution in [0.15, 0.2) is 35.3 Å². The predicted octanol–water partition coefficient (Wildman–Crippen LogP) is 2.17. The van der Waals surface area contributed by atoms with Gasteiger partial charge < -0.3 is 24.1 Å². The van der Waals surface area contributed by atoms with E-state index in [1.165, 1.54) is 5.56 Å². The number of aromatic nitrogens is 3. The average Bonchev–Trinajstić information content (AvgIpc) is 3.34. The maximum absolute atomic E-state index is 13.4. The number of rotatable bonds is 9. The smallest absolute Gasteiger partial charge is 0.293 e. The van der Waals surface area contributed by atoms with E-state index in [9.17, 15) is 4.79 Å². The van der Waals surface area contributed by atoms with Gasteiger partial charge in [-0.1, -0.05) is 0 Å². The monoisotopic (exact) mass is 465 g/mol. The molecule has 0 unspecified atom stereocenters. The molecular formula is C25H31N5O4. The van der Waals surface area contributed by atoms with Crippen LogP contribution in [0, 0.1) is 0 Å². The van der Waals surface area contributed by atoms with Crippen molar-refractivity contribution in [2.75, 3.05) is 64.5 Å². The van der Waals surface area contributed by atoms with Crippen LogP contribution in [0.5, 0.6) is 5.75 Å². The molecule has 0 aliphatic carbocycles. The number of ether oxygens (including phenoxy) is 3. The number of morpholine rings is 1. The van der Waals surface area contributed by atoms with Crippen LogP contribution in [-0.4, -0.2) is 78.6 Å². The third kappa shape index (κ3) is 4.91. The Balaban J connectivity index is 1.44. The fraction of sp³-hybridized carbons (Fsp3) is 0.480. The van der Waals surface area contributed by atoms with Gasteiger partial charge in [0.15, 0.2) is 5.82 Å². The van der Waals surface area contributed by atoms with E-state index in [4.69, 9.17) is 14.2 Å². The molecular weight excluding hydrogens is 434 g/mol. The summed E-state index contributed by atoms with van der Waals surface area (Å²) >= 11 is 0. The molecule has 9 heteroatoms. The Labute approximate surface area is 198 Å². The molecule has 2 aliphatic rings. The SMILES string of the molecule is CCOCCn1c(=O)c(NCCN2CCOCC2)nc2cnc(-c3ccc4c(c3)CCO4)cc21. The van der Waals surface area contributed by atoms with Crippen LogP contribution in [0.1, 0.15) is 12.5 Å². The van der Waals surface area contributed by atoms with Crippen molar-refractivity contribution in [3.8, 4) is 17.0 Å². The van der Waals surface area contributed by atoms with E-state index in [0.29, 0.717) is 44.2 Å². The summed E-state index contributed by atoms with van der Waals surface area (Å²) in [5, 5.41) is 3.25. The number of benzene rings is 1. The highest BCUT2D eigenvalue weighted by Crippen LogP contribution is 2.30. The minimum Gasteiger partial charge on any atom is -0.493 e. The van der Waals surface area contributed by atoms with Gasteiger partial charge in [0.2, 0.25) is 0 Å². The number of pyridine rings is 1. The molecule has 2 aliphatic heterocycles. The molecule has 4 heterocycles. The molecule has 0 radical (unpaired) electrons. The summed E-state index contributed by atoms with van der Waals surface area (Å²) in [6.07, 6.45) is 2.65. The summed E-state index contributed by atoms with van der Waals surface area (Å²) < 4.78 is 18.3. The first kappa shape index (κ1) is 22.8. The lowest BCUT2D eigenvalue weighted by Gasteiger charge is -2.26. The summed E-state index contributed by atoms with van der Waals surface area (Å²) in [5.41, 5.74) is 4.28. The largest absolute Gasteiger partial charge is 0.493 e. The number of fused-ring (bicyclic) bond motifs is 2. The van der Waals surface area contributed by atoms with Crippen molar-refractivity contribution in [1.82, 2.24) is 19.4 Å². The van der Waals surface area contributed by atoms with Crippen molar-refractivity contribution in [3.63, 3.8) is 0 Å². The number of hydrogen-bond acceptors (Lipinski definition) is 8. The molecule has 0 saturated carbocycles. The second-order valence-electron chi connectivity index (χ2n) is 8.47. The normalized spacial score (nSPS) is 15.9. The molecule has 0 bridgehead atoms. The summed E-state index contributed by atoms with van der Waals surface area (Å²) in [7, 11) is 0. The third-order valence-electron chi connectivity index (χ3n) is 6.31. The summed E-state index contributed by atoms with van der Waals surface area (Å²) in [6, 6.07) is 8.07. The fourth-order valence-corrected chi connectivity index (χ4v) is 4.44. The standard InChI is InChI=1S/C25H31N5O4/c1-2-32-14-10-30-22-16-20(18-3-4-23-19(15-18)5-11-34-23)27-17-21(22)28-24(25(30)31)26-6-7-29-8-12-33-13-9-29/h3-4,15-17H,2,5-14H2,1H3,(H,26,28). The van der Waals surface area contributed by atoms with E-state index in [-0.39, 0.29) is 5.56 Å². The van der Waals surface area contributed by atoms with E-state index >= 15 is 0 Å². The number of anilines is 1. The quantitative estimate of drug-likeness (QED) is 0.481. The summed E-state index contributed by atoms with van der Waals surface area (Å²) in [5.74, 6) is 1.29. The van der Waals surface area contributed by atoms with E-state index in [1.807, 2.05) is 25.1 Å². The van der Waals surface area contributed by atoms with Gasteiger partial charge in [-0.3, -0.25) is 14.7 Å². The van der Waals surface area contributed by atoms with Gasteiger partial charge >= 0.3 is 0 Å². The van der Waals surface area contributed by atoms with Gasteiger partial charge in [-0.2, -0.15) is 0 Å². The lowest BCUT2D eigenvalue weighted by Crippen LogP contribution is -2.39. The van der Waals surface area contributed by atoms with Crippen LogP contribution < -0.4 is 15.6 Å². The topological polar surface area (TPSA) is 90.7 Å². The van der Waals surface area contributed by atoms with Gasteiger partial charge in [0.05, 0.1) is 43.8 Å². The number of nitrogens with zero attached hydrogens (tertiary/aromatic N) is 4. The lowest BCUT2D eigenvalue weighted by molar-refractivity contribution is 0.0398. The minimum atomic E-state index is -0.145. The van der Waals surface area contributed by atoms with Gasteiger partial charge in [0.1, 0.15) is 11.3 Å². The van der Waals surface area contributed by atoms with Crippen molar-refractivity contribution in [2.24, 2.45) is 0 Å². The highest BCUT2D eigenvalue weighted by Gasteiger charge is 2.16. The van der Waals surface area contributed by atoms with E-state index in [1.54, 1.807) is 10.8 Å². The Morgan fingerprint density at radius 2 is 2.03 bits per heavy atom. The van der Waals surface area contributed by atoms with Crippen LogP contribution >= 0.6 is 0 Å². The van der Waals surface area contributed by atoms with Gasteiger partial charge in [-0.05, 0) is 36.8 Å². The Morgan fingerprint density at radius 1 is 1.15 bits per heavy atom. The Kier molecular flexibility index (Phi) is 7.03. The molecule has 2 aromatic heterocycles. The van der Waals surface area contributed by atoms with Crippen molar-refractivity contribution >= 4 is 16.9 Å². The molecule has 0 amide bonds. The molecule has 1 aromatic carbocycles. The molecule has 1 saturated heterocycles. The minimum absolute atomic E-state index is 0.145.